The van der Waals surface area contributed by atoms with Gasteiger partial charge in [0.2, 0.25) is 0 Å². The van der Waals surface area contributed by atoms with Crippen molar-refractivity contribution < 1.29 is 0 Å². The van der Waals surface area contributed by atoms with Gasteiger partial charge in [-0.1, -0.05) is 25.1 Å². The quantitative estimate of drug-likeness (QED) is 0.689. The van der Waals surface area contributed by atoms with E-state index in [9.17, 15) is 0 Å². The second-order valence-corrected chi connectivity index (χ2v) is 4.46. The molecule has 1 aromatic carbocycles. The largest absolute Gasteiger partial charge is 0.315 e. The van der Waals surface area contributed by atoms with Gasteiger partial charge in [-0.15, -0.1) is 0 Å². The summed E-state index contributed by atoms with van der Waals surface area (Å²) in [6.07, 6.45) is 0. The van der Waals surface area contributed by atoms with Crippen LogP contribution in [0.3, 0.4) is 0 Å². The molecule has 1 N–H and O–H groups in total. The van der Waals surface area contributed by atoms with Gasteiger partial charge in [0.1, 0.15) is 0 Å². The SMILES string of the molecule is Cc1ccc(C2(C)CNC2)cc1C. The molecule has 1 aromatic rings. The summed E-state index contributed by atoms with van der Waals surface area (Å²) in [5.41, 5.74) is 4.66. The highest BCUT2D eigenvalue weighted by Gasteiger charge is 2.33. The van der Waals surface area contributed by atoms with Crippen molar-refractivity contribution in [1.29, 1.82) is 0 Å². The molecule has 0 aromatic heterocycles. The fourth-order valence-electron chi connectivity index (χ4n) is 1.82. The number of nitrogens with one attached hydrogen (secondary N) is 1. The van der Waals surface area contributed by atoms with Crippen LogP contribution in [0.25, 0.3) is 0 Å². The van der Waals surface area contributed by atoms with Gasteiger partial charge in [0.05, 0.1) is 0 Å². The molecule has 0 radical (unpaired) electrons. The minimum absolute atomic E-state index is 0.387. The molecule has 0 unspecified atom stereocenters. The Hall–Kier alpha value is -0.820. The second kappa shape index (κ2) is 2.85. The molecule has 1 saturated heterocycles. The maximum atomic E-state index is 3.33. The van der Waals surface area contributed by atoms with Crippen molar-refractivity contribution in [2.45, 2.75) is 26.2 Å². The van der Waals surface area contributed by atoms with Gasteiger partial charge in [-0.3, -0.25) is 0 Å². The summed E-state index contributed by atoms with van der Waals surface area (Å²) in [7, 11) is 0. The molecule has 0 bridgehead atoms. The Bertz CT molecular complexity index is 324. The van der Waals surface area contributed by atoms with Crippen LogP contribution < -0.4 is 5.32 Å². The van der Waals surface area contributed by atoms with Gasteiger partial charge in [-0.25, -0.2) is 0 Å². The average Bonchev–Trinajstić information content (AvgIpc) is 2.06. The Kier molecular flexibility index (Phi) is 1.92. The lowest BCUT2D eigenvalue weighted by Crippen LogP contribution is -2.54. The molecule has 13 heavy (non-hydrogen) atoms. The molecule has 70 valence electrons. The molecule has 1 heteroatoms. The molecule has 1 aliphatic heterocycles. The predicted molar refractivity (Wildman–Crippen MR) is 56.1 cm³/mol. The summed E-state index contributed by atoms with van der Waals surface area (Å²) in [4.78, 5) is 0. The first-order valence-corrected chi connectivity index (χ1v) is 4.90. The number of hydrogen-bond acceptors (Lipinski definition) is 1. The van der Waals surface area contributed by atoms with Crippen molar-refractivity contribution in [2.75, 3.05) is 13.1 Å². The van der Waals surface area contributed by atoms with Crippen LogP contribution in [-0.4, -0.2) is 13.1 Å². The van der Waals surface area contributed by atoms with Crippen molar-refractivity contribution in [3.63, 3.8) is 0 Å². The van der Waals surface area contributed by atoms with E-state index >= 15 is 0 Å². The lowest BCUT2D eigenvalue weighted by Gasteiger charge is -2.40. The number of benzene rings is 1. The highest BCUT2D eigenvalue weighted by atomic mass is 15.0. The topological polar surface area (TPSA) is 12.0 Å². The van der Waals surface area contributed by atoms with Gasteiger partial charge in [-0.2, -0.15) is 0 Å². The monoisotopic (exact) mass is 175 g/mol. The summed E-state index contributed by atoms with van der Waals surface area (Å²) < 4.78 is 0. The Morgan fingerprint density at radius 1 is 1.15 bits per heavy atom. The fourth-order valence-corrected chi connectivity index (χ4v) is 1.82. The molecule has 1 heterocycles. The third kappa shape index (κ3) is 1.37. The smallest absolute Gasteiger partial charge is 0.0174 e. The molecule has 0 aliphatic carbocycles. The Balaban J connectivity index is 2.36. The maximum absolute atomic E-state index is 3.33. The molecule has 1 nitrogen and oxygen atoms in total. The Morgan fingerprint density at radius 2 is 1.85 bits per heavy atom. The Morgan fingerprint density at radius 3 is 2.31 bits per heavy atom. The van der Waals surface area contributed by atoms with Crippen molar-refractivity contribution in [3.05, 3.63) is 34.9 Å². The minimum atomic E-state index is 0.387. The Labute approximate surface area is 80.2 Å². The van der Waals surface area contributed by atoms with Gasteiger partial charge >= 0.3 is 0 Å². The first-order chi connectivity index (χ1) is 6.12. The fraction of sp³-hybridized carbons (Fsp3) is 0.500. The third-order valence-corrected chi connectivity index (χ3v) is 3.23. The van der Waals surface area contributed by atoms with Gasteiger partial charge < -0.3 is 5.32 Å². The summed E-state index contributed by atoms with van der Waals surface area (Å²) in [5, 5.41) is 3.33. The molecule has 0 spiro atoms. The summed E-state index contributed by atoms with van der Waals surface area (Å²) in [6.45, 7) is 8.92. The molecule has 2 rings (SSSR count). The molecule has 0 saturated carbocycles. The second-order valence-electron chi connectivity index (χ2n) is 4.46. The van der Waals surface area contributed by atoms with E-state index in [4.69, 9.17) is 0 Å². The molecule has 0 atom stereocenters. The number of aryl methyl sites for hydroxylation is 2. The average molecular weight is 175 g/mol. The van der Waals surface area contributed by atoms with Gasteiger partial charge in [0.15, 0.2) is 0 Å². The lowest BCUT2D eigenvalue weighted by molar-refractivity contribution is 0.305. The van der Waals surface area contributed by atoms with Crippen LogP contribution in [0.15, 0.2) is 18.2 Å². The zero-order valence-electron chi connectivity index (χ0n) is 8.65. The van der Waals surface area contributed by atoms with E-state index in [0.29, 0.717) is 5.41 Å². The predicted octanol–water partition coefficient (Wildman–Crippen LogP) is 2.16. The number of rotatable bonds is 1. The maximum Gasteiger partial charge on any atom is 0.0174 e. The van der Waals surface area contributed by atoms with E-state index in [1.165, 1.54) is 16.7 Å². The van der Waals surface area contributed by atoms with Crippen LogP contribution in [0.2, 0.25) is 0 Å². The van der Waals surface area contributed by atoms with Crippen LogP contribution >= 0.6 is 0 Å². The lowest BCUT2D eigenvalue weighted by atomic mass is 9.76. The van der Waals surface area contributed by atoms with Crippen LogP contribution in [0.5, 0.6) is 0 Å². The van der Waals surface area contributed by atoms with E-state index in [1.54, 1.807) is 0 Å². The van der Waals surface area contributed by atoms with Crippen molar-refractivity contribution in [3.8, 4) is 0 Å². The van der Waals surface area contributed by atoms with Gasteiger partial charge in [0.25, 0.3) is 0 Å². The zero-order chi connectivity index (χ0) is 9.47. The molecule has 1 fully saturated rings. The van der Waals surface area contributed by atoms with Crippen LogP contribution in [0, 0.1) is 13.8 Å². The van der Waals surface area contributed by atoms with E-state index in [2.05, 4.69) is 44.3 Å². The highest BCUT2D eigenvalue weighted by molar-refractivity contribution is 5.36. The molecule has 1 aliphatic rings. The van der Waals surface area contributed by atoms with E-state index in [-0.39, 0.29) is 0 Å². The van der Waals surface area contributed by atoms with Crippen molar-refractivity contribution in [1.82, 2.24) is 5.32 Å². The van der Waals surface area contributed by atoms with Crippen molar-refractivity contribution >= 4 is 0 Å². The zero-order valence-corrected chi connectivity index (χ0v) is 8.65. The molecular weight excluding hydrogens is 158 g/mol. The summed E-state index contributed by atoms with van der Waals surface area (Å²) in [5.74, 6) is 0. The first kappa shape index (κ1) is 8.76. The highest BCUT2D eigenvalue weighted by Crippen LogP contribution is 2.28. The van der Waals surface area contributed by atoms with Crippen LogP contribution in [0.1, 0.15) is 23.6 Å². The van der Waals surface area contributed by atoms with Gasteiger partial charge in [0, 0.05) is 18.5 Å². The van der Waals surface area contributed by atoms with E-state index in [0.717, 1.165) is 13.1 Å². The number of hydrogen-bond donors (Lipinski definition) is 1. The van der Waals surface area contributed by atoms with Crippen LogP contribution in [-0.2, 0) is 5.41 Å². The van der Waals surface area contributed by atoms with Crippen molar-refractivity contribution in [2.24, 2.45) is 0 Å². The van der Waals surface area contributed by atoms with E-state index < -0.39 is 0 Å². The first-order valence-electron chi connectivity index (χ1n) is 4.90. The molecular formula is C12H17N. The minimum Gasteiger partial charge on any atom is -0.315 e. The summed E-state index contributed by atoms with van der Waals surface area (Å²) in [6, 6.07) is 6.83. The van der Waals surface area contributed by atoms with Gasteiger partial charge in [-0.05, 0) is 30.5 Å². The third-order valence-electron chi connectivity index (χ3n) is 3.23. The van der Waals surface area contributed by atoms with E-state index in [1.807, 2.05) is 0 Å². The normalized spacial score (nSPS) is 19.6. The van der Waals surface area contributed by atoms with Crippen LogP contribution in [0.4, 0.5) is 0 Å². The summed E-state index contributed by atoms with van der Waals surface area (Å²) >= 11 is 0. The molecule has 0 amide bonds. The standard InChI is InChI=1S/C12H17N/c1-9-4-5-11(6-10(9)2)12(3)7-13-8-12/h4-6,13H,7-8H2,1-3H3.